The number of carbonyl (C=O) groups excluding carboxylic acids is 3. The van der Waals surface area contributed by atoms with E-state index in [4.69, 9.17) is 4.74 Å². The van der Waals surface area contributed by atoms with Gasteiger partial charge in [-0.1, -0.05) is 0 Å². The molecule has 3 aromatic heterocycles. The Kier molecular flexibility index (Phi) is 6.87. The van der Waals surface area contributed by atoms with Crippen molar-refractivity contribution in [2.45, 2.75) is 31.7 Å². The molecule has 1 aliphatic rings. The maximum atomic E-state index is 12.9. The fraction of sp³-hybridized carbons (Fsp3) is 0.273. The first-order chi connectivity index (χ1) is 16.7. The Morgan fingerprint density at radius 3 is 2.60 bits per heavy atom. The SMILES string of the molecule is O=Cc1cncc(C(=O)Nc2cn(C3CCCCO3)nc2C(=O)Nc2ccc(C(F)(F)F)nc2)c1. The van der Waals surface area contributed by atoms with E-state index in [1.54, 1.807) is 0 Å². The number of rotatable bonds is 6. The monoisotopic (exact) mass is 488 g/mol. The van der Waals surface area contributed by atoms with E-state index in [1.807, 2.05) is 0 Å². The Bertz CT molecular complexity index is 1240. The number of nitrogens with one attached hydrogen (secondary N) is 2. The van der Waals surface area contributed by atoms with Crippen LogP contribution in [-0.4, -0.2) is 44.5 Å². The molecule has 0 radical (unpaired) electrons. The van der Waals surface area contributed by atoms with Crippen LogP contribution in [0.1, 0.15) is 62.4 Å². The van der Waals surface area contributed by atoms with E-state index in [0.29, 0.717) is 19.3 Å². The quantitative estimate of drug-likeness (QED) is 0.506. The Labute approximate surface area is 196 Å². The van der Waals surface area contributed by atoms with Crippen molar-refractivity contribution in [3.63, 3.8) is 0 Å². The van der Waals surface area contributed by atoms with Gasteiger partial charge in [0.25, 0.3) is 11.8 Å². The summed E-state index contributed by atoms with van der Waals surface area (Å²) in [5.41, 5.74) is -0.976. The highest BCUT2D eigenvalue weighted by atomic mass is 19.4. The fourth-order valence-electron chi connectivity index (χ4n) is 3.40. The third kappa shape index (κ3) is 5.69. The number of pyridine rings is 2. The van der Waals surface area contributed by atoms with Crippen molar-refractivity contribution in [2.24, 2.45) is 0 Å². The Balaban J connectivity index is 1.60. The van der Waals surface area contributed by atoms with Gasteiger partial charge in [0.05, 0.1) is 29.3 Å². The van der Waals surface area contributed by atoms with Crippen molar-refractivity contribution in [2.75, 3.05) is 17.2 Å². The number of ether oxygens (including phenoxy) is 1. The van der Waals surface area contributed by atoms with Crippen molar-refractivity contribution in [1.29, 1.82) is 0 Å². The molecule has 1 saturated heterocycles. The van der Waals surface area contributed by atoms with Gasteiger partial charge in [-0.3, -0.25) is 19.4 Å². The fourth-order valence-corrected chi connectivity index (χ4v) is 3.40. The van der Waals surface area contributed by atoms with Crippen LogP contribution in [-0.2, 0) is 10.9 Å². The number of hydrogen-bond acceptors (Lipinski definition) is 7. The van der Waals surface area contributed by atoms with Gasteiger partial charge in [0, 0.05) is 24.6 Å². The summed E-state index contributed by atoms with van der Waals surface area (Å²) in [6, 6.07) is 3.13. The minimum atomic E-state index is -4.62. The molecular weight excluding hydrogens is 469 g/mol. The summed E-state index contributed by atoms with van der Waals surface area (Å²) in [6.45, 7) is 0.509. The molecule has 2 N–H and O–H groups in total. The second-order valence-electron chi connectivity index (χ2n) is 7.66. The van der Waals surface area contributed by atoms with E-state index in [2.05, 4.69) is 25.7 Å². The number of carbonyl (C=O) groups is 3. The zero-order valence-corrected chi connectivity index (χ0v) is 18.1. The highest BCUT2D eigenvalue weighted by molar-refractivity contribution is 6.11. The van der Waals surface area contributed by atoms with Crippen LogP contribution in [0.25, 0.3) is 0 Å². The summed E-state index contributed by atoms with van der Waals surface area (Å²) in [6.07, 6.45) is 2.74. The van der Waals surface area contributed by atoms with Gasteiger partial charge in [-0.15, -0.1) is 0 Å². The smallest absolute Gasteiger partial charge is 0.357 e. The zero-order valence-electron chi connectivity index (χ0n) is 18.1. The summed E-state index contributed by atoms with van der Waals surface area (Å²) in [5, 5.41) is 9.26. The lowest BCUT2D eigenvalue weighted by Crippen LogP contribution is -2.20. The molecular formula is C22H19F3N6O4. The molecule has 3 aromatic rings. The first-order valence-electron chi connectivity index (χ1n) is 10.5. The molecule has 0 aromatic carbocycles. The van der Waals surface area contributed by atoms with Crippen molar-refractivity contribution in [3.05, 3.63) is 65.5 Å². The molecule has 10 nitrogen and oxygen atoms in total. The van der Waals surface area contributed by atoms with Crippen molar-refractivity contribution >= 4 is 29.5 Å². The third-order valence-electron chi connectivity index (χ3n) is 5.12. The molecule has 4 rings (SSSR count). The summed E-state index contributed by atoms with van der Waals surface area (Å²) in [7, 11) is 0. The number of anilines is 2. The third-order valence-corrected chi connectivity index (χ3v) is 5.12. The van der Waals surface area contributed by atoms with Crippen LogP contribution in [0.5, 0.6) is 0 Å². The van der Waals surface area contributed by atoms with Gasteiger partial charge in [-0.25, -0.2) is 9.67 Å². The van der Waals surface area contributed by atoms with Gasteiger partial charge < -0.3 is 15.4 Å². The first kappa shape index (κ1) is 24.0. The van der Waals surface area contributed by atoms with Gasteiger partial charge in [-0.05, 0) is 37.5 Å². The molecule has 1 unspecified atom stereocenters. The number of nitrogens with zero attached hydrogens (tertiary/aromatic N) is 4. The summed E-state index contributed by atoms with van der Waals surface area (Å²) in [4.78, 5) is 43.8. The lowest BCUT2D eigenvalue weighted by Gasteiger charge is -2.22. The molecule has 0 saturated carbocycles. The van der Waals surface area contributed by atoms with Gasteiger partial charge in [0.1, 0.15) is 11.9 Å². The number of aldehydes is 1. The van der Waals surface area contributed by atoms with E-state index in [9.17, 15) is 27.6 Å². The Morgan fingerprint density at radius 2 is 1.94 bits per heavy atom. The topological polar surface area (TPSA) is 128 Å². The number of alkyl halides is 3. The predicted molar refractivity (Wildman–Crippen MR) is 116 cm³/mol. The van der Waals surface area contributed by atoms with E-state index >= 15 is 0 Å². The van der Waals surface area contributed by atoms with Gasteiger partial charge in [0.15, 0.2) is 12.0 Å². The minimum absolute atomic E-state index is 0.00614. The number of aromatic nitrogens is 4. The maximum absolute atomic E-state index is 12.9. The lowest BCUT2D eigenvalue weighted by atomic mass is 10.2. The highest BCUT2D eigenvalue weighted by Gasteiger charge is 2.32. The van der Waals surface area contributed by atoms with Crippen LogP contribution >= 0.6 is 0 Å². The molecule has 35 heavy (non-hydrogen) atoms. The molecule has 1 atom stereocenters. The van der Waals surface area contributed by atoms with E-state index < -0.39 is 29.9 Å². The number of halogens is 3. The van der Waals surface area contributed by atoms with E-state index in [0.717, 1.165) is 31.2 Å². The van der Waals surface area contributed by atoms with Crippen LogP contribution in [0.3, 0.4) is 0 Å². The van der Waals surface area contributed by atoms with E-state index in [1.165, 1.54) is 29.3 Å². The van der Waals surface area contributed by atoms with E-state index in [-0.39, 0.29) is 28.2 Å². The molecule has 4 heterocycles. The number of hydrogen-bond donors (Lipinski definition) is 2. The van der Waals surface area contributed by atoms with Crippen molar-refractivity contribution in [3.8, 4) is 0 Å². The van der Waals surface area contributed by atoms with Gasteiger partial charge in [0.2, 0.25) is 0 Å². The molecule has 2 amide bonds. The second-order valence-corrected chi connectivity index (χ2v) is 7.66. The molecule has 13 heteroatoms. The zero-order chi connectivity index (χ0) is 25.0. The summed E-state index contributed by atoms with van der Waals surface area (Å²) >= 11 is 0. The van der Waals surface area contributed by atoms with Crippen LogP contribution in [0, 0.1) is 0 Å². The van der Waals surface area contributed by atoms with Crippen LogP contribution in [0.15, 0.2) is 43.0 Å². The van der Waals surface area contributed by atoms with Crippen LogP contribution in [0.4, 0.5) is 24.5 Å². The van der Waals surface area contributed by atoms with Crippen molar-refractivity contribution in [1.82, 2.24) is 19.7 Å². The molecule has 0 aliphatic carbocycles. The lowest BCUT2D eigenvalue weighted by molar-refractivity contribution is -0.141. The molecule has 0 bridgehead atoms. The highest BCUT2D eigenvalue weighted by Crippen LogP contribution is 2.29. The second kappa shape index (κ2) is 10.0. The normalized spacial score (nSPS) is 15.9. The minimum Gasteiger partial charge on any atom is -0.357 e. The molecule has 182 valence electrons. The number of amides is 2. The Hall–Kier alpha value is -4.13. The first-order valence-corrected chi connectivity index (χ1v) is 10.5. The van der Waals surface area contributed by atoms with Crippen LogP contribution in [0.2, 0.25) is 0 Å². The van der Waals surface area contributed by atoms with Crippen LogP contribution < -0.4 is 10.6 Å². The maximum Gasteiger partial charge on any atom is 0.433 e. The molecule has 0 spiro atoms. The Morgan fingerprint density at radius 1 is 1.11 bits per heavy atom. The predicted octanol–water partition coefficient (Wildman–Crippen LogP) is 3.71. The average molecular weight is 488 g/mol. The van der Waals surface area contributed by atoms with Gasteiger partial charge in [-0.2, -0.15) is 18.3 Å². The molecule has 1 aliphatic heterocycles. The largest absolute Gasteiger partial charge is 0.433 e. The van der Waals surface area contributed by atoms with Crippen molar-refractivity contribution < 1.29 is 32.3 Å². The summed E-state index contributed by atoms with van der Waals surface area (Å²) < 4.78 is 45.3. The summed E-state index contributed by atoms with van der Waals surface area (Å²) in [5.74, 6) is -1.42. The average Bonchev–Trinajstić information content (AvgIpc) is 3.28. The standard InChI is InChI=1S/C22H19F3N6O4/c23-22(24,25)17-5-4-15(10-27-17)28-21(34)19-16(11-31(30-19)18-3-1-2-6-35-18)29-20(33)14-7-13(12-32)8-26-9-14/h4-5,7-12,18H,1-3,6H2,(H,28,34)(H,29,33). The van der Waals surface area contributed by atoms with Gasteiger partial charge >= 0.3 is 6.18 Å². The molecule has 1 fully saturated rings.